The number of nitrogens with zero attached hydrogens (tertiary/aromatic N) is 1. The van der Waals surface area contributed by atoms with Crippen LogP contribution >= 0.6 is 0 Å². The minimum absolute atomic E-state index is 0.0266. The van der Waals surface area contributed by atoms with Crippen LogP contribution in [0.5, 0.6) is 0 Å². The minimum atomic E-state index is -0.0266. The van der Waals surface area contributed by atoms with E-state index >= 15 is 0 Å². The second-order valence-corrected chi connectivity index (χ2v) is 13.8. The molecule has 0 aromatic carbocycles. The smallest absolute Gasteiger partial charge is 0.216 e. The summed E-state index contributed by atoms with van der Waals surface area (Å²) < 4.78 is 7.13. The Kier molecular flexibility index (Phi) is 6.43. The fourth-order valence-electron chi connectivity index (χ4n) is 10.3. The molecule has 1 amide bonds. The molecule has 0 aromatic heterocycles. The molecule has 200 valence electrons. The first-order valence-electron chi connectivity index (χ1n) is 15.1. The predicted octanol–water partition coefficient (Wildman–Crippen LogP) is 5.28. The zero-order valence-electron chi connectivity index (χ0n) is 23.1. The average Bonchev–Trinajstić information content (AvgIpc) is 3.30. The van der Waals surface area contributed by atoms with E-state index in [2.05, 4.69) is 31.0 Å². The van der Waals surface area contributed by atoms with Gasteiger partial charge in [0.25, 0.3) is 0 Å². The van der Waals surface area contributed by atoms with Gasteiger partial charge in [-0.2, -0.15) is 0 Å². The topological polar surface area (TPSA) is 58.6 Å². The van der Waals surface area contributed by atoms with Gasteiger partial charge in [0.2, 0.25) is 5.91 Å². The Morgan fingerprint density at radius 2 is 2.00 bits per heavy atom. The quantitative estimate of drug-likeness (QED) is 0.540. The van der Waals surface area contributed by atoms with E-state index < -0.39 is 0 Å². The number of nitrogens with one attached hydrogen (secondary N) is 1. The summed E-state index contributed by atoms with van der Waals surface area (Å²) in [5.74, 6) is 4.05. The van der Waals surface area contributed by atoms with Gasteiger partial charge in [-0.15, -0.1) is 0 Å². The first kappa shape index (κ1) is 25.1. The Hall–Kier alpha value is -1.20. The van der Waals surface area contributed by atoms with Crippen molar-refractivity contribution in [2.45, 2.75) is 116 Å². The predicted molar refractivity (Wildman–Crippen MR) is 141 cm³/mol. The van der Waals surface area contributed by atoms with Crippen LogP contribution in [0.4, 0.5) is 0 Å². The number of rotatable bonds is 3. The van der Waals surface area contributed by atoms with Crippen LogP contribution in [0.3, 0.4) is 0 Å². The van der Waals surface area contributed by atoms with Crippen LogP contribution in [0.2, 0.25) is 0 Å². The van der Waals surface area contributed by atoms with Crippen molar-refractivity contribution in [2.75, 3.05) is 19.6 Å². The zero-order chi connectivity index (χ0) is 25.2. The van der Waals surface area contributed by atoms with Crippen molar-refractivity contribution in [2.24, 2.45) is 35.0 Å². The average molecular weight is 497 g/mol. The molecule has 6 aliphatic rings. The summed E-state index contributed by atoms with van der Waals surface area (Å²) in [6.07, 6.45) is 12.9. The van der Waals surface area contributed by atoms with Crippen molar-refractivity contribution in [3.8, 4) is 0 Å². The number of amides is 1. The van der Waals surface area contributed by atoms with Gasteiger partial charge in [-0.3, -0.25) is 14.5 Å². The molecular weight excluding hydrogens is 448 g/mol. The number of fused-ring (bicyclic) bond motifs is 6. The molecule has 5 fully saturated rings. The molecule has 5 nitrogen and oxygen atoms in total. The number of ketones is 1. The van der Waals surface area contributed by atoms with Gasteiger partial charge in [0.15, 0.2) is 0 Å². The van der Waals surface area contributed by atoms with Crippen molar-refractivity contribution < 1.29 is 14.3 Å². The summed E-state index contributed by atoms with van der Waals surface area (Å²) in [7, 11) is 0. The number of carbonyl (C=O) groups is 2. The van der Waals surface area contributed by atoms with E-state index in [0.29, 0.717) is 35.2 Å². The molecule has 1 N–H and O–H groups in total. The summed E-state index contributed by atoms with van der Waals surface area (Å²) in [5.41, 5.74) is 3.76. The molecule has 5 heteroatoms. The van der Waals surface area contributed by atoms with Crippen LogP contribution in [-0.4, -0.2) is 54.0 Å². The number of Topliss-reactive ketones (excluding diaryl/α,β-unsaturated/α-hetero) is 1. The van der Waals surface area contributed by atoms with Crippen molar-refractivity contribution in [1.82, 2.24) is 10.2 Å². The highest BCUT2D eigenvalue weighted by molar-refractivity contribution is 5.79. The lowest BCUT2D eigenvalue weighted by Gasteiger charge is -2.52. The van der Waals surface area contributed by atoms with Gasteiger partial charge in [-0.05, 0) is 100 Å². The zero-order valence-corrected chi connectivity index (χ0v) is 23.1. The minimum Gasteiger partial charge on any atom is -0.369 e. The van der Waals surface area contributed by atoms with Gasteiger partial charge >= 0.3 is 0 Å². The number of likely N-dealkylation sites (tertiary alicyclic amines) is 1. The standard InChI is InChI=1S/C31H48N2O3/c1-19-18-31(20(2)29-28(36-31)6-5-14-33(29)15-13-32-21(3)34)12-10-24-25-8-7-22-16-23(35)9-11-30(22,4)27(25)17-26(19)24/h20,22,24-25,27-29H,5-18H2,1-4H3,(H,32,34). The van der Waals surface area contributed by atoms with E-state index in [1.54, 1.807) is 18.1 Å². The van der Waals surface area contributed by atoms with Crippen LogP contribution in [-0.2, 0) is 14.3 Å². The van der Waals surface area contributed by atoms with Gasteiger partial charge in [0.05, 0.1) is 11.7 Å². The maximum Gasteiger partial charge on any atom is 0.216 e. The SMILES string of the molecule is CC(=O)NCCN1CCCC2OC3(CCC4C(=C(C)C3)CC3C4CCC4CC(=O)CCC43C)C(C)C21. The fraction of sp³-hybridized carbons (Fsp3) is 0.871. The summed E-state index contributed by atoms with van der Waals surface area (Å²) in [6, 6.07) is 0.477. The van der Waals surface area contributed by atoms with Crippen LogP contribution in [0.15, 0.2) is 11.1 Å². The Labute approximate surface area is 218 Å². The third kappa shape index (κ3) is 3.94. The molecule has 2 heterocycles. The van der Waals surface area contributed by atoms with Crippen molar-refractivity contribution in [1.29, 1.82) is 0 Å². The molecule has 2 aliphatic heterocycles. The normalized spacial score (nSPS) is 46.7. The maximum atomic E-state index is 12.2. The lowest BCUT2D eigenvalue weighted by molar-refractivity contribution is -0.129. The van der Waals surface area contributed by atoms with Crippen molar-refractivity contribution in [3.63, 3.8) is 0 Å². The summed E-state index contributed by atoms with van der Waals surface area (Å²) in [4.78, 5) is 26.3. The van der Waals surface area contributed by atoms with Gasteiger partial charge < -0.3 is 10.1 Å². The number of carbonyl (C=O) groups excluding carboxylic acids is 2. The van der Waals surface area contributed by atoms with Crippen molar-refractivity contribution in [3.05, 3.63) is 11.1 Å². The molecule has 0 radical (unpaired) electrons. The Morgan fingerprint density at radius 1 is 1.17 bits per heavy atom. The van der Waals surface area contributed by atoms with E-state index in [-0.39, 0.29) is 11.5 Å². The van der Waals surface area contributed by atoms with Crippen LogP contribution < -0.4 is 5.32 Å². The highest BCUT2D eigenvalue weighted by atomic mass is 16.5. The van der Waals surface area contributed by atoms with E-state index in [9.17, 15) is 9.59 Å². The highest BCUT2D eigenvalue weighted by Gasteiger charge is 2.59. The molecule has 4 aliphatic carbocycles. The third-order valence-electron chi connectivity index (χ3n) is 12.2. The molecule has 0 aromatic rings. The second kappa shape index (κ2) is 9.22. The van der Waals surface area contributed by atoms with Gasteiger partial charge in [-0.25, -0.2) is 0 Å². The molecule has 0 bridgehead atoms. The molecular formula is C31H48N2O3. The van der Waals surface area contributed by atoms with E-state index in [1.807, 2.05) is 0 Å². The molecule has 2 saturated heterocycles. The Morgan fingerprint density at radius 3 is 2.81 bits per heavy atom. The first-order valence-corrected chi connectivity index (χ1v) is 15.1. The molecule has 6 rings (SSSR count). The number of hydrogen-bond donors (Lipinski definition) is 1. The first-order chi connectivity index (χ1) is 17.2. The molecule has 1 spiro atoms. The third-order valence-corrected chi connectivity index (χ3v) is 12.2. The van der Waals surface area contributed by atoms with E-state index in [1.165, 1.54) is 44.9 Å². The second-order valence-electron chi connectivity index (χ2n) is 13.8. The fourth-order valence-corrected chi connectivity index (χ4v) is 10.3. The Balaban J connectivity index is 1.22. The molecule has 9 unspecified atom stereocenters. The lowest BCUT2D eigenvalue weighted by atomic mass is 9.52. The summed E-state index contributed by atoms with van der Waals surface area (Å²) >= 11 is 0. The van der Waals surface area contributed by atoms with Gasteiger partial charge in [0, 0.05) is 44.8 Å². The van der Waals surface area contributed by atoms with E-state index in [0.717, 1.165) is 63.1 Å². The van der Waals surface area contributed by atoms with Crippen LogP contribution in [0.25, 0.3) is 0 Å². The number of allylic oxidation sites excluding steroid dienone is 1. The van der Waals surface area contributed by atoms with Gasteiger partial charge in [0.1, 0.15) is 5.78 Å². The van der Waals surface area contributed by atoms with E-state index in [4.69, 9.17) is 4.74 Å². The molecule has 36 heavy (non-hydrogen) atoms. The Bertz CT molecular complexity index is 944. The number of piperidine rings is 1. The highest BCUT2D eigenvalue weighted by Crippen LogP contribution is 2.65. The lowest BCUT2D eigenvalue weighted by Crippen LogP contribution is -2.51. The number of ether oxygens (including phenoxy) is 1. The molecule has 9 atom stereocenters. The van der Waals surface area contributed by atoms with Crippen molar-refractivity contribution >= 4 is 11.7 Å². The van der Waals surface area contributed by atoms with Gasteiger partial charge in [-0.1, -0.05) is 25.0 Å². The van der Waals surface area contributed by atoms with Crippen LogP contribution in [0.1, 0.15) is 98.3 Å². The summed E-state index contributed by atoms with van der Waals surface area (Å²) in [6.45, 7) is 11.8. The monoisotopic (exact) mass is 496 g/mol. The summed E-state index contributed by atoms with van der Waals surface area (Å²) in [5, 5.41) is 3.01. The largest absolute Gasteiger partial charge is 0.369 e. The van der Waals surface area contributed by atoms with Crippen LogP contribution in [0, 0.1) is 35.0 Å². The molecule has 3 saturated carbocycles. The number of hydrogen-bond acceptors (Lipinski definition) is 4. The maximum absolute atomic E-state index is 12.2.